The van der Waals surface area contributed by atoms with Gasteiger partial charge in [-0.15, -0.1) is 0 Å². The van der Waals surface area contributed by atoms with Crippen molar-refractivity contribution in [2.24, 2.45) is 0 Å². The highest BCUT2D eigenvalue weighted by molar-refractivity contribution is 6.07. The Morgan fingerprint density at radius 3 is 2.29 bits per heavy atom. The molecule has 1 unspecified atom stereocenters. The molecular weight excluding hydrogens is 545 g/mol. The highest BCUT2D eigenvalue weighted by atomic mass is 19.4. The number of phenolic OH excluding ortho intramolecular Hbond substituents is 1. The van der Waals surface area contributed by atoms with Crippen molar-refractivity contribution in [1.82, 2.24) is 20.4 Å². The van der Waals surface area contributed by atoms with E-state index in [4.69, 9.17) is 0 Å². The van der Waals surface area contributed by atoms with Crippen LogP contribution in [0.4, 0.5) is 13.2 Å². The van der Waals surface area contributed by atoms with Crippen molar-refractivity contribution in [1.29, 1.82) is 0 Å². The molecule has 0 spiro atoms. The van der Waals surface area contributed by atoms with E-state index >= 15 is 0 Å². The number of amides is 1. The van der Waals surface area contributed by atoms with E-state index in [0.29, 0.717) is 12.1 Å². The first-order valence-corrected chi connectivity index (χ1v) is 14.2. The van der Waals surface area contributed by atoms with Crippen LogP contribution in [0.25, 0.3) is 0 Å². The number of carbonyl (C=O) groups is 2. The number of alkyl halides is 3. The third-order valence-electron chi connectivity index (χ3n) is 8.23. The number of hydrogen-bond donors (Lipinski definition) is 3. The molecule has 0 saturated carbocycles. The molecule has 2 saturated heterocycles. The van der Waals surface area contributed by atoms with Gasteiger partial charge in [0.1, 0.15) is 11.3 Å². The second-order valence-corrected chi connectivity index (χ2v) is 10.9. The van der Waals surface area contributed by atoms with Crippen LogP contribution in [0.1, 0.15) is 39.9 Å². The van der Waals surface area contributed by atoms with Crippen molar-refractivity contribution in [3.63, 3.8) is 0 Å². The number of Topliss-reactive ketones (excluding diaryl/α,β-unsaturated/α-hetero) is 1. The van der Waals surface area contributed by atoms with Crippen LogP contribution in [0, 0.1) is 0 Å². The molecule has 3 aromatic carbocycles. The molecule has 222 valence electrons. The third kappa shape index (κ3) is 6.35. The molecule has 0 aromatic heterocycles. The van der Waals surface area contributed by atoms with Crippen LogP contribution in [0.2, 0.25) is 0 Å². The summed E-state index contributed by atoms with van der Waals surface area (Å²) in [6, 6.07) is 20.8. The fraction of sp³-hybridized carbons (Fsp3) is 0.375. The molecule has 1 atom stereocenters. The normalized spacial score (nSPS) is 20.4. The summed E-state index contributed by atoms with van der Waals surface area (Å²) < 4.78 is 42.0. The van der Waals surface area contributed by atoms with Crippen molar-refractivity contribution in [3.05, 3.63) is 101 Å². The van der Waals surface area contributed by atoms with Gasteiger partial charge in [0.2, 0.25) is 5.91 Å². The van der Waals surface area contributed by atoms with Crippen LogP contribution in [-0.4, -0.2) is 71.9 Å². The zero-order valence-corrected chi connectivity index (χ0v) is 23.2. The Morgan fingerprint density at radius 2 is 1.60 bits per heavy atom. The average Bonchev–Trinajstić information content (AvgIpc) is 3.00. The van der Waals surface area contributed by atoms with Crippen molar-refractivity contribution >= 4 is 11.7 Å². The number of piperidine rings is 1. The van der Waals surface area contributed by atoms with Crippen LogP contribution in [-0.2, 0) is 23.1 Å². The van der Waals surface area contributed by atoms with Gasteiger partial charge in [-0.05, 0) is 55.3 Å². The third-order valence-corrected chi connectivity index (χ3v) is 8.23. The number of phenols is 1. The molecule has 7 nitrogen and oxygen atoms in total. The minimum absolute atomic E-state index is 0.0443. The van der Waals surface area contributed by atoms with E-state index < -0.39 is 28.6 Å². The molecule has 42 heavy (non-hydrogen) atoms. The van der Waals surface area contributed by atoms with E-state index in [1.807, 2.05) is 18.2 Å². The molecule has 5 rings (SSSR count). The summed E-state index contributed by atoms with van der Waals surface area (Å²) in [7, 11) is 0. The number of piperazine rings is 1. The lowest BCUT2D eigenvalue weighted by atomic mass is 9.78. The van der Waals surface area contributed by atoms with Crippen LogP contribution < -0.4 is 10.6 Å². The number of nitrogens with zero attached hydrogens (tertiary/aromatic N) is 2. The topological polar surface area (TPSA) is 84.9 Å². The summed E-state index contributed by atoms with van der Waals surface area (Å²) in [5.41, 5.74) is -1.70. The number of halogens is 3. The number of rotatable bonds is 8. The maximum Gasteiger partial charge on any atom is 0.417 e. The minimum atomic E-state index is -4.75. The van der Waals surface area contributed by atoms with Crippen LogP contribution >= 0.6 is 0 Å². The van der Waals surface area contributed by atoms with E-state index in [-0.39, 0.29) is 37.3 Å². The number of carbonyl (C=O) groups excluding carboxylic acids is 2. The zero-order chi connectivity index (χ0) is 29.7. The molecule has 10 heteroatoms. The zero-order valence-electron chi connectivity index (χ0n) is 23.2. The van der Waals surface area contributed by atoms with Gasteiger partial charge in [0.05, 0.1) is 12.1 Å². The lowest BCUT2D eigenvalue weighted by Gasteiger charge is -2.47. The Labute approximate surface area is 243 Å². The Bertz CT molecular complexity index is 1380. The molecule has 0 bridgehead atoms. The van der Waals surface area contributed by atoms with Gasteiger partial charge in [0.15, 0.2) is 5.78 Å². The Morgan fingerprint density at radius 1 is 0.929 bits per heavy atom. The maximum atomic E-state index is 14.3. The molecule has 2 heterocycles. The van der Waals surface area contributed by atoms with Gasteiger partial charge < -0.3 is 20.6 Å². The SMILES string of the molecule is O=C(CNC1CCN(Cc2ccccc2)CC1)N1CCNCC1(C(=O)c1ccccc1C(F)(F)F)c1ccc(O)cc1. The first-order valence-electron chi connectivity index (χ1n) is 14.2. The second-order valence-electron chi connectivity index (χ2n) is 10.9. The Kier molecular flexibility index (Phi) is 8.96. The van der Waals surface area contributed by atoms with Gasteiger partial charge in [0.25, 0.3) is 0 Å². The van der Waals surface area contributed by atoms with Crippen molar-refractivity contribution in [2.45, 2.75) is 37.1 Å². The van der Waals surface area contributed by atoms with Gasteiger partial charge in [0, 0.05) is 37.8 Å². The highest BCUT2D eigenvalue weighted by Crippen LogP contribution is 2.39. The summed E-state index contributed by atoms with van der Waals surface area (Å²) in [6.07, 6.45) is -3.05. The summed E-state index contributed by atoms with van der Waals surface area (Å²) in [4.78, 5) is 31.9. The minimum Gasteiger partial charge on any atom is -0.508 e. The monoisotopic (exact) mass is 580 g/mol. The maximum absolute atomic E-state index is 14.3. The Hall–Kier alpha value is -3.73. The fourth-order valence-corrected chi connectivity index (χ4v) is 6.03. The van der Waals surface area contributed by atoms with E-state index in [1.165, 1.54) is 46.9 Å². The molecule has 0 aliphatic carbocycles. The van der Waals surface area contributed by atoms with E-state index in [2.05, 4.69) is 27.7 Å². The van der Waals surface area contributed by atoms with Gasteiger partial charge in [-0.2, -0.15) is 13.2 Å². The first kappa shape index (κ1) is 29.8. The number of hydrogen-bond acceptors (Lipinski definition) is 6. The lowest BCUT2D eigenvalue weighted by molar-refractivity contribution is -0.138. The predicted octanol–water partition coefficient (Wildman–Crippen LogP) is 4.18. The van der Waals surface area contributed by atoms with Gasteiger partial charge in [-0.25, -0.2) is 0 Å². The molecular formula is C32H35F3N4O3. The van der Waals surface area contributed by atoms with Crippen molar-refractivity contribution in [2.75, 3.05) is 39.3 Å². The molecule has 2 aliphatic heterocycles. The number of aromatic hydroxyl groups is 1. The van der Waals surface area contributed by atoms with E-state index in [0.717, 1.165) is 44.6 Å². The average molecular weight is 581 g/mol. The largest absolute Gasteiger partial charge is 0.508 e. The van der Waals surface area contributed by atoms with Gasteiger partial charge >= 0.3 is 6.18 Å². The smallest absolute Gasteiger partial charge is 0.417 e. The molecule has 3 N–H and O–H groups in total. The van der Waals surface area contributed by atoms with Crippen molar-refractivity contribution < 1.29 is 27.9 Å². The van der Waals surface area contributed by atoms with E-state index in [1.54, 1.807) is 0 Å². The van der Waals surface area contributed by atoms with Crippen LogP contribution in [0.15, 0.2) is 78.9 Å². The number of likely N-dealkylation sites (tertiary alicyclic amines) is 1. The molecule has 0 radical (unpaired) electrons. The molecule has 2 fully saturated rings. The summed E-state index contributed by atoms with van der Waals surface area (Å²) in [5.74, 6) is -1.25. The number of ketones is 1. The molecule has 1 amide bonds. The van der Waals surface area contributed by atoms with Crippen molar-refractivity contribution in [3.8, 4) is 5.75 Å². The van der Waals surface area contributed by atoms with Gasteiger partial charge in [-0.1, -0.05) is 60.7 Å². The summed E-state index contributed by atoms with van der Waals surface area (Å²) >= 11 is 0. The van der Waals surface area contributed by atoms with E-state index in [9.17, 15) is 27.9 Å². The second kappa shape index (κ2) is 12.6. The summed E-state index contributed by atoms with van der Waals surface area (Å²) in [5, 5.41) is 16.4. The number of benzene rings is 3. The van der Waals surface area contributed by atoms with Crippen LogP contribution in [0.5, 0.6) is 5.75 Å². The fourth-order valence-electron chi connectivity index (χ4n) is 6.03. The quantitative estimate of drug-likeness (QED) is 0.347. The first-order chi connectivity index (χ1) is 20.2. The molecule has 3 aromatic rings. The lowest BCUT2D eigenvalue weighted by Crippen LogP contribution is -2.66. The Balaban J connectivity index is 1.36. The van der Waals surface area contributed by atoms with Crippen LogP contribution in [0.3, 0.4) is 0 Å². The highest BCUT2D eigenvalue weighted by Gasteiger charge is 2.51. The molecule has 2 aliphatic rings. The predicted molar refractivity (Wildman–Crippen MR) is 153 cm³/mol. The number of nitrogens with one attached hydrogen (secondary N) is 2. The summed E-state index contributed by atoms with van der Waals surface area (Å²) in [6.45, 7) is 3.03. The standard InChI is InChI=1S/C32H35F3N4O3/c33-32(34,35)28-9-5-4-8-27(28)30(42)31(24-10-12-26(40)13-11-24)22-36-16-19-39(31)29(41)20-37-25-14-17-38(18-15-25)21-23-6-2-1-3-7-23/h1-13,25,36-37,40H,14-22H2. The van der Waals surface area contributed by atoms with Gasteiger partial charge in [-0.3, -0.25) is 14.5 Å².